The van der Waals surface area contributed by atoms with E-state index in [1.807, 2.05) is 106 Å². The third-order valence-electron chi connectivity index (χ3n) is 25.7. The molecule has 0 saturated carbocycles. The number of carbonyl (C=O) groups excluding carboxylic acids is 3. The molecule has 0 radical (unpaired) electrons. The van der Waals surface area contributed by atoms with Crippen LogP contribution in [0.1, 0.15) is 91.6 Å². The Hall–Kier alpha value is -11.6. The van der Waals surface area contributed by atoms with Gasteiger partial charge in [0.25, 0.3) is 0 Å². The summed E-state index contributed by atoms with van der Waals surface area (Å²) in [7, 11) is 6.48. The zero-order valence-corrected chi connectivity index (χ0v) is 69.8. The highest BCUT2D eigenvalue weighted by molar-refractivity contribution is 5.98. The first kappa shape index (κ1) is 82.2. The van der Waals surface area contributed by atoms with Gasteiger partial charge in [0.05, 0.1) is 36.7 Å². The number of likely N-dealkylation sites (N-methyl/N-ethyl adjacent to an activating group) is 3. The lowest BCUT2D eigenvalue weighted by Gasteiger charge is -2.38. The molecule has 0 bridgehead atoms. The topological polar surface area (TPSA) is 256 Å². The highest BCUT2D eigenvalue weighted by Gasteiger charge is 2.36. The van der Waals surface area contributed by atoms with Gasteiger partial charge >= 0.3 is 18.0 Å². The number of phenols is 3. The molecular weight excluding hydrogens is 1510 g/mol. The van der Waals surface area contributed by atoms with Crippen molar-refractivity contribution in [2.75, 3.05) is 188 Å². The fourth-order valence-electron chi connectivity index (χ4n) is 18.8. The molecule has 27 heteroatoms. The van der Waals surface area contributed by atoms with E-state index in [0.29, 0.717) is 154 Å². The maximum atomic E-state index is 12.2. The van der Waals surface area contributed by atoms with Crippen LogP contribution in [-0.2, 0) is 53.3 Å². The number of anilines is 6. The Morgan fingerprint density at radius 2 is 0.633 bits per heavy atom. The summed E-state index contributed by atoms with van der Waals surface area (Å²) in [6, 6.07) is 37.8. The Morgan fingerprint density at radius 1 is 0.358 bits per heavy atom. The van der Waals surface area contributed by atoms with Crippen molar-refractivity contribution in [2.45, 2.75) is 115 Å². The lowest BCUT2D eigenvalue weighted by Crippen LogP contribution is -2.49. The minimum atomic E-state index is -0.0287. The van der Waals surface area contributed by atoms with Crippen LogP contribution in [0.5, 0.6) is 35.3 Å². The quantitative estimate of drug-likeness (QED) is 0.0675. The predicted molar refractivity (Wildman–Crippen MR) is 471 cm³/mol. The molecule has 6 fully saturated rings. The summed E-state index contributed by atoms with van der Waals surface area (Å²) in [6.07, 6.45) is 17.2. The van der Waals surface area contributed by atoms with Gasteiger partial charge in [-0.25, -0.2) is 0 Å². The zero-order chi connectivity index (χ0) is 82.9. The van der Waals surface area contributed by atoms with E-state index in [4.69, 9.17) is 44.1 Å². The maximum absolute atomic E-state index is 12.2. The number of benzene rings is 6. The highest BCUT2D eigenvalue weighted by Crippen LogP contribution is 2.42. The van der Waals surface area contributed by atoms with Crippen molar-refractivity contribution in [3.05, 3.63) is 181 Å². The SMILES string of the molecule is C=CC(=O)N1CCN(c2nc(OCC3CCCCN3C)nc3c2CCN(c2cc(O)cc4ccccc24)C3)CC1.C=CC(=O)N1CCN(c2nc(OC[C@@H]3CCCCN3C)nc3c2CCN(c2cc(O)cc4ccccc24)C3)CC1.C=CC(=O)N1CCN(c2nc(OC[C@H]3CCCCN3C)nc3c2CCN(c2cc(O)cc4ccccc24)C3)CC1. The molecule has 9 aliphatic heterocycles. The van der Waals surface area contributed by atoms with Crippen molar-refractivity contribution in [3.63, 3.8) is 0 Å². The lowest BCUT2D eigenvalue weighted by molar-refractivity contribution is -0.127. The maximum Gasteiger partial charge on any atom is 0.318 e. The monoisotopic (exact) mass is 1630 g/mol. The van der Waals surface area contributed by atoms with Crippen LogP contribution in [0.25, 0.3) is 32.3 Å². The van der Waals surface area contributed by atoms with E-state index >= 15 is 0 Å². The number of piperazine rings is 3. The van der Waals surface area contributed by atoms with Crippen LogP contribution in [-0.4, -0.2) is 269 Å². The van der Waals surface area contributed by atoms with E-state index in [1.165, 1.54) is 56.8 Å². The van der Waals surface area contributed by atoms with Gasteiger partial charge in [-0.2, -0.15) is 29.9 Å². The van der Waals surface area contributed by atoms with E-state index in [-0.39, 0.29) is 35.0 Å². The van der Waals surface area contributed by atoms with E-state index in [2.05, 4.69) is 103 Å². The normalized spacial score (nSPS) is 19.9. The molecule has 3 N–H and O–H groups in total. The van der Waals surface area contributed by atoms with Crippen LogP contribution >= 0.6 is 0 Å². The average molecular weight is 1630 g/mol. The summed E-state index contributed by atoms with van der Waals surface area (Å²) < 4.78 is 18.9. The summed E-state index contributed by atoms with van der Waals surface area (Å²) in [5.74, 6) is 3.45. The second-order valence-electron chi connectivity index (χ2n) is 33.2. The molecule has 630 valence electrons. The molecule has 6 saturated heterocycles. The van der Waals surface area contributed by atoms with Crippen molar-refractivity contribution < 1.29 is 43.9 Å². The number of phenolic OH excluding ortho intramolecular Hbond substituents is 3. The van der Waals surface area contributed by atoms with Crippen LogP contribution in [0.15, 0.2) is 147 Å². The van der Waals surface area contributed by atoms with Gasteiger partial charge in [0.1, 0.15) is 54.5 Å². The Morgan fingerprint density at radius 3 is 0.900 bits per heavy atom. The molecule has 0 spiro atoms. The Labute approximate surface area is 703 Å². The minimum absolute atomic E-state index is 0.0287. The summed E-state index contributed by atoms with van der Waals surface area (Å²) >= 11 is 0. The number of ether oxygens (including phenoxy) is 3. The number of aromatic hydroxyl groups is 3. The van der Waals surface area contributed by atoms with Crippen LogP contribution in [0.2, 0.25) is 0 Å². The molecule has 12 heterocycles. The van der Waals surface area contributed by atoms with Gasteiger partial charge in [-0.1, -0.05) is 112 Å². The predicted octanol–water partition coefficient (Wildman–Crippen LogP) is 10.8. The van der Waals surface area contributed by atoms with Crippen molar-refractivity contribution in [2.24, 2.45) is 0 Å². The number of carbonyl (C=O) groups is 3. The van der Waals surface area contributed by atoms with Gasteiger partial charge in [-0.15, -0.1) is 0 Å². The lowest BCUT2D eigenvalue weighted by atomic mass is 10.0. The molecule has 3 aromatic heterocycles. The number of nitrogens with zero attached hydrogens (tertiary/aromatic N) is 18. The fourth-order valence-corrected chi connectivity index (χ4v) is 18.8. The summed E-state index contributed by atoms with van der Waals surface area (Å²) in [4.78, 5) is 92.5. The second kappa shape index (κ2) is 37.4. The van der Waals surface area contributed by atoms with E-state index in [0.717, 1.165) is 178 Å². The van der Waals surface area contributed by atoms with Gasteiger partial charge in [-0.3, -0.25) is 14.4 Å². The van der Waals surface area contributed by atoms with Crippen LogP contribution in [0.4, 0.5) is 34.5 Å². The van der Waals surface area contributed by atoms with Gasteiger partial charge in [0.2, 0.25) is 17.7 Å². The van der Waals surface area contributed by atoms with Gasteiger partial charge in [0, 0.05) is 184 Å². The van der Waals surface area contributed by atoms with Crippen LogP contribution in [0.3, 0.4) is 0 Å². The second-order valence-corrected chi connectivity index (χ2v) is 33.2. The summed E-state index contributed by atoms with van der Waals surface area (Å²) in [6.45, 7) is 28.1. The molecule has 18 rings (SSSR count). The highest BCUT2D eigenvalue weighted by atomic mass is 16.5. The third-order valence-corrected chi connectivity index (χ3v) is 25.7. The first-order valence-electron chi connectivity index (χ1n) is 43.1. The minimum Gasteiger partial charge on any atom is -0.508 e. The van der Waals surface area contributed by atoms with E-state index in [9.17, 15) is 29.7 Å². The van der Waals surface area contributed by atoms with Crippen molar-refractivity contribution in [1.82, 2.24) is 59.3 Å². The molecule has 3 atom stereocenters. The molecular formula is C93H114N18O9. The molecule has 9 aliphatic rings. The van der Waals surface area contributed by atoms with Gasteiger partial charge in [0.15, 0.2) is 0 Å². The molecule has 1 unspecified atom stereocenters. The zero-order valence-electron chi connectivity index (χ0n) is 69.8. The number of aromatic nitrogens is 6. The summed E-state index contributed by atoms with van der Waals surface area (Å²) in [5, 5.41) is 37.8. The Kier molecular flexibility index (Phi) is 25.6. The molecule has 3 amide bonds. The van der Waals surface area contributed by atoms with Gasteiger partial charge in [-0.05, 0) is 151 Å². The number of piperidine rings is 3. The molecule has 9 aromatic rings. The Bertz CT molecular complexity index is 4720. The van der Waals surface area contributed by atoms with Gasteiger partial charge < -0.3 is 88.3 Å². The number of rotatable bonds is 18. The van der Waals surface area contributed by atoms with E-state index in [1.54, 1.807) is 0 Å². The summed E-state index contributed by atoms with van der Waals surface area (Å²) in [5.41, 5.74) is 9.32. The Balaban J connectivity index is 0.000000134. The van der Waals surface area contributed by atoms with Crippen molar-refractivity contribution in [3.8, 4) is 35.3 Å². The van der Waals surface area contributed by atoms with Crippen LogP contribution < -0.4 is 43.6 Å². The van der Waals surface area contributed by atoms with Crippen molar-refractivity contribution >= 4 is 84.6 Å². The molecule has 0 aliphatic carbocycles. The first-order valence-corrected chi connectivity index (χ1v) is 43.1. The average Bonchev–Trinajstić information content (AvgIpc) is 0.773. The van der Waals surface area contributed by atoms with Crippen LogP contribution in [0, 0.1) is 0 Å². The number of fused-ring (bicyclic) bond motifs is 6. The standard InChI is InChI=1S/3C31H38N6O3/c3*1-3-29(39)35-14-16-36(17-15-35)30-26-11-13-37(28-19-24(38)18-22-8-4-5-10-25(22)28)20-27(26)32-31(33-30)40-21-23-9-6-7-12-34(23)2/h3*3-5,8,10,18-19,23,38H,1,6-7,9,11-17,20-21H2,2H3/t2*23-;/m10./s1. The molecule has 6 aromatic carbocycles. The molecule has 27 nitrogen and oxygen atoms in total. The largest absolute Gasteiger partial charge is 0.508 e. The van der Waals surface area contributed by atoms with Crippen molar-refractivity contribution in [1.29, 1.82) is 0 Å². The first-order chi connectivity index (χ1) is 58.5. The number of amides is 3. The number of hydrogen-bond acceptors (Lipinski definition) is 24. The molecule has 120 heavy (non-hydrogen) atoms. The third kappa shape index (κ3) is 18.6. The number of likely N-dealkylation sites (tertiary alicyclic amines) is 3. The number of hydrogen-bond donors (Lipinski definition) is 3. The smallest absolute Gasteiger partial charge is 0.318 e. The van der Waals surface area contributed by atoms with E-state index < -0.39 is 0 Å². The fraction of sp³-hybridized carbons (Fsp3) is 0.452.